The van der Waals surface area contributed by atoms with Crippen molar-refractivity contribution < 1.29 is 4.79 Å². The number of ketones is 1. The van der Waals surface area contributed by atoms with Crippen molar-refractivity contribution in [1.29, 1.82) is 0 Å². The van der Waals surface area contributed by atoms with Crippen molar-refractivity contribution in [3.05, 3.63) is 0 Å². The number of carbonyl (C=O) groups excluding carboxylic acids is 1. The van der Waals surface area contributed by atoms with Crippen molar-refractivity contribution >= 4 is 21.7 Å². The van der Waals surface area contributed by atoms with E-state index in [-0.39, 0.29) is 15.2 Å². The number of Topliss-reactive ketones (excluding diaryl/α,β-unsaturated/α-hetero) is 1. The summed E-state index contributed by atoms with van der Waals surface area (Å²) in [5.41, 5.74) is 0.0770. The predicted molar refractivity (Wildman–Crippen MR) is 52.4 cm³/mol. The van der Waals surface area contributed by atoms with Gasteiger partial charge in [-0.3, -0.25) is 4.79 Å². The molecule has 2 atom stereocenters. The molecule has 0 spiro atoms. The summed E-state index contributed by atoms with van der Waals surface area (Å²) >= 11 is 3.76. The van der Waals surface area contributed by atoms with E-state index in [4.69, 9.17) is 0 Å². The van der Waals surface area contributed by atoms with Crippen LogP contribution >= 0.6 is 15.9 Å². The van der Waals surface area contributed by atoms with Gasteiger partial charge in [-0.2, -0.15) is 0 Å². The Morgan fingerprint density at radius 3 is 2.00 bits per heavy atom. The second-order valence-corrected chi connectivity index (χ2v) is 6.54. The normalized spacial score (nSPS) is 50.2. The molecule has 0 saturated heterocycles. The zero-order valence-corrected chi connectivity index (χ0v) is 9.49. The zero-order valence-electron chi connectivity index (χ0n) is 7.91. The van der Waals surface area contributed by atoms with Gasteiger partial charge in [0.15, 0.2) is 0 Å². The number of rotatable bonds is 0. The SMILES string of the molecule is CC1(C)[C@]2(Br)CC[C@@]1(C)C(=O)C2. The Hall–Kier alpha value is 0.150. The average molecular weight is 231 g/mol. The molecule has 2 heteroatoms. The number of alkyl halides is 1. The van der Waals surface area contributed by atoms with Gasteiger partial charge in [0.2, 0.25) is 0 Å². The first-order valence-electron chi connectivity index (χ1n) is 4.56. The molecular formula is C10H15BrO. The van der Waals surface area contributed by atoms with Crippen LogP contribution in [0.1, 0.15) is 40.0 Å². The second-order valence-electron chi connectivity index (χ2n) is 5.02. The monoisotopic (exact) mass is 230 g/mol. The molecule has 0 aromatic carbocycles. The Morgan fingerprint density at radius 1 is 1.25 bits per heavy atom. The third-order valence-electron chi connectivity index (χ3n) is 4.58. The molecule has 0 aromatic heterocycles. The molecule has 2 aliphatic rings. The molecule has 2 fully saturated rings. The van der Waals surface area contributed by atoms with E-state index in [2.05, 4.69) is 36.7 Å². The van der Waals surface area contributed by atoms with Gasteiger partial charge in [-0.1, -0.05) is 36.7 Å². The largest absolute Gasteiger partial charge is 0.299 e. The van der Waals surface area contributed by atoms with E-state index in [1.807, 2.05) is 0 Å². The third-order valence-corrected chi connectivity index (χ3v) is 6.25. The fraction of sp³-hybridized carbons (Fsp3) is 0.900. The maximum atomic E-state index is 11.7. The Balaban J connectivity index is 2.56. The van der Waals surface area contributed by atoms with Crippen LogP contribution in [0.15, 0.2) is 0 Å². The maximum Gasteiger partial charge on any atom is 0.140 e. The Kier molecular flexibility index (Phi) is 1.43. The van der Waals surface area contributed by atoms with Gasteiger partial charge in [-0.25, -0.2) is 0 Å². The van der Waals surface area contributed by atoms with E-state index in [0.29, 0.717) is 5.78 Å². The summed E-state index contributed by atoms with van der Waals surface area (Å²) in [6.07, 6.45) is 2.95. The molecule has 1 nitrogen and oxygen atoms in total. The first-order chi connectivity index (χ1) is 5.33. The smallest absolute Gasteiger partial charge is 0.140 e. The molecule has 68 valence electrons. The predicted octanol–water partition coefficient (Wildman–Crippen LogP) is 2.92. The van der Waals surface area contributed by atoms with Crippen LogP contribution in [0.25, 0.3) is 0 Å². The summed E-state index contributed by atoms with van der Waals surface area (Å²) in [4.78, 5) is 11.7. The molecule has 0 heterocycles. The van der Waals surface area contributed by atoms with Gasteiger partial charge in [-0.05, 0) is 18.3 Å². The van der Waals surface area contributed by atoms with Crippen LogP contribution in [0.2, 0.25) is 0 Å². The van der Waals surface area contributed by atoms with Crippen molar-refractivity contribution in [2.45, 2.75) is 44.4 Å². The molecule has 2 bridgehead atoms. The van der Waals surface area contributed by atoms with Crippen LogP contribution in [0, 0.1) is 10.8 Å². The van der Waals surface area contributed by atoms with E-state index < -0.39 is 0 Å². The molecule has 2 rings (SSSR count). The maximum absolute atomic E-state index is 11.7. The molecule has 0 amide bonds. The topological polar surface area (TPSA) is 17.1 Å². The van der Waals surface area contributed by atoms with Crippen molar-refractivity contribution in [2.75, 3.05) is 0 Å². The Labute approximate surface area is 82.0 Å². The first-order valence-corrected chi connectivity index (χ1v) is 5.35. The van der Waals surface area contributed by atoms with Crippen LogP contribution in [0.4, 0.5) is 0 Å². The van der Waals surface area contributed by atoms with Crippen LogP contribution in [0.5, 0.6) is 0 Å². The zero-order chi connectivity index (χ0) is 9.20. The number of fused-ring (bicyclic) bond motifs is 2. The van der Waals surface area contributed by atoms with Crippen molar-refractivity contribution in [2.24, 2.45) is 10.8 Å². The van der Waals surface area contributed by atoms with Crippen LogP contribution in [0.3, 0.4) is 0 Å². The minimum Gasteiger partial charge on any atom is -0.299 e. The molecule has 12 heavy (non-hydrogen) atoms. The van der Waals surface area contributed by atoms with E-state index >= 15 is 0 Å². The van der Waals surface area contributed by atoms with Gasteiger partial charge in [-0.15, -0.1) is 0 Å². The van der Waals surface area contributed by atoms with E-state index in [1.54, 1.807) is 0 Å². The van der Waals surface area contributed by atoms with Crippen LogP contribution in [-0.2, 0) is 4.79 Å². The lowest BCUT2D eigenvalue weighted by atomic mass is 9.70. The molecule has 0 radical (unpaired) electrons. The highest BCUT2D eigenvalue weighted by Crippen LogP contribution is 2.69. The average Bonchev–Trinajstić information content (AvgIpc) is 2.18. The summed E-state index contributed by atoms with van der Waals surface area (Å²) in [5.74, 6) is 0.454. The summed E-state index contributed by atoms with van der Waals surface area (Å²) < 4.78 is 0.103. The summed E-state index contributed by atoms with van der Waals surface area (Å²) in [5, 5.41) is 0. The summed E-state index contributed by atoms with van der Waals surface area (Å²) in [7, 11) is 0. The van der Waals surface area contributed by atoms with E-state index in [0.717, 1.165) is 19.3 Å². The minimum atomic E-state index is -0.0590. The van der Waals surface area contributed by atoms with Crippen LogP contribution in [-0.4, -0.2) is 10.1 Å². The molecule has 0 aliphatic heterocycles. The highest BCUT2D eigenvalue weighted by Gasteiger charge is 2.68. The number of carbonyl (C=O) groups is 1. The quantitative estimate of drug-likeness (QED) is 0.586. The molecule has 2 saturated carbocycles. The van der Waals surface area contributed by atoms with Gasteiger partial charge >= 0.3 is 0 Å². The minimum absolute atomic E-state index is 0.0590. The fourth-order valence-electron chi connectivity index (χ4n) is 2.81. The standard InChI is InChI=1S/C10H15BrO/c1-8(2)9(3)4-5-10(8,11)6-7(9)12/h4-6H2,1-3H3/t9-,10-/m0/s1. The van der Waals surface area contributed by atoms with Gasteiger partial charge in [0.05, 0.1) is 0 Å². The lowest BCUT2D eigenvalue weighted by Crippen LogP contribution is -2.35. The fourth-order valence-corrected chi connectivity index (χ4v) is 3.70. The third kappa shape index (κ3) is 0.650. The molecule has 2 aliphatic carbocycles. The molecular weight excluding hydrogens is 216 g/mol. The summed E-state index contributed by atoms with van der Waals surface area (Å²) in [6, 6.07) is 0. The van der Waals surface area contributed by atoms with Gasteiger partial charge < -0.3 is 0 Å². The van der Waals surface area contributed by atoms with Crippen molar-refractivity contribution in [3.63, 3.8) is 0 Å². The number of hydrogen-bond acceptors (Lipinski definition) is 1. The van der Waals surface area contributed by atoms with Crippen LogP contribution < -0.4 is 0 Å². The molecule has 0 unspecified atom stereocenters. The van der Waals surface area contributed by atoms with Crippen molar-refractivity contribution in [1.82, 2.24) is 0 Å². The van der Waals surface area contributed by atoms with E-state index in [9.17, 15) is 4.79 Å². The first kappa shape index (κ1) is 8.74. The second kappa shape index (κ2) is 1.97. The highest BCUT2D eigenvalue weighted by molar-refractivity contribution is 9.10. The van der Waals surface area contributed by atoms with Crippen molar-refractivity contribution in [3.8, 4) is 0 Å². The highest BCUT2D eigenvalue weighted by atomic mass is 79.9. The lowest BCUT2D eigenvalue weighted by molar-refractivity contribution is -0.128. The Bertz CT molecular complexity index is 259. The summed E-state index contributed by atoms with van der Waals surface area (Å²) in [6.45, 7) is 6.57. The molecule has 0 N–H and O–H groups in total. The van der Waals surface area contributed by atoms with Gasteiger partial charge in [0.25, 0.3) is 0 Å². The van der Waals surface area contributed by atoms with E-state index in [1.165, 1.54) is 0 Å². The van der Waals surface area contributed by atoms with Gasteiger partial charge in [0, 0.05) is 16.2 Å². The number of hydrogen-bond donors (Lipinski definition) is 0. The lowest BCUT2D eigenvalue weighted by Gasteiger charge is -2.36. The Morgan fingerprint density at radius 2 is 1.83 bits per heavy atom. The number of halogens is 1. The van der Waals surface area contributed by atoms with Gasteiger partial charge in [0.1, 0.15) is 5.78 Å². The molecule has 0 aromatic rings.